The summed E-state index contributed by atoms with van der Waals surface area (Å²) in [5, 5.41) is 9.55. The molecule has 1 aromatic carbocycles. The summed E-state index contributed by atoms with van der Waals surface area (Å²) in [6, 6.07) is 4.53. The minimum atomic E-state index is -0.224. The fourth-order valence-electron chi connectivity index (χ4n) is 1.24. The maximum Gasteiger partial charge on any atom is 0.258 e. The van der Waals surface area contributed by atoms with E-state index in [1.54, 1.807) is 13.0 Å². The van der Waals surface area contributed by atoms with Gasteiger partial charge in [-0.2, -0.15) is 0 Å². The zero-order chi connectivity index (χ0) is 9.42. The minimum Gasteiger partial charge on any atom is -0.508 e. The van der Waals surface area contributed by atoms with Crippen LogP contribution < -0.4 is 5.56 Å². The van der Waals surface area contributed by atoms with Crippen LogP contribution in [-0.4, -0.2) is 15.1 Å². The summed E-state index contributed by atoms with van der Waals surface area (Å²) in [7, 11) is 0. The number of hydrogen-bond acceptors (Lipinski definition) is 3. The number of fused-ring (bicyclic) bond motifs is 1. The predicted molar refractivity (Wildman–Crippen MR) is 48.8 cm³/mol. The number of hydrogen-bond donors (Lipinski definition) is 2. The first-order valence-corrected chi connectivity index (χ1v) is 3.86. The van der Waals surface area contributed by atoms with Gasteiger partial charge in [-0.1, -0.05) is 0 Å². The quantitative estimate of drug-likeness (QED) is 0.627. The molecule has 13 heavy (non-hydrogen) atoms. The molecular weight excluding hydrogens is 168 g/mol. The molecule has 0 saturated heterocycles. The Morgan fingerprint density at radius 1 is 1.46 bits per heavy atom. The third-order valence-electron chi connectivity index (χ3n) is 1.81. The largest absolute Gasteiger partial charge is 0.508 e. The minimum absolute atomic E-state index is 0.0728. The Labute approximate surface area is 73.9 Å². The summed E-state index contributed by atoms with van der Waals surface area (Å²) < 4.78 is 0. The van der Waals surface area contributed by atoms with Crippen LogP contribution in [0, 0.1) is 6.92 Å². The highest BCUT2D eigenvalue weighted by Gasteiger charge is 2.01. The molecule has 2 aromatic rings. The molecule has 66 valence electrons. The lowest BCUT2D eigenvalue weighted by Gasteiger charge is -1.98. The second kappa shape index (κ2) is 2.58. The van der Waals surface area contributed by atoms with Crippen LogP contribution in [0.15, 0.2) is 23.0 Å². The van der Waals surface area contributed by atoms with Crippen molar-refractivity contribution in [3.63, 3.8) is 0 Å². The Morgan fingerprint density at radius 3 is 3.00 bits per heavy atom. The number of aromatic nitrogens is 2. The summed E-state index contributed by atoms with van der Waals surface area (Å²) in [5.74, 6) is 0.645. The van der Waals surface area contributed by atoms with Gasteiger partial charge in [-0.15, -0.1) is 0 Å². The van der Waals surface area contributed by atoms with Crippen LogP contribution in [0.1, 0.15) is 5.82 Å². The van der Waals surface area contributed by atoms with E-state index in [0.717, 1.165) is 0 Å². The summed E-state index contributed by atoms with van der Waals surface area (Å²) in [4.78, 5) is 18.0. The van der Waals surface area contributed by atoms with Crippen molar-refractivity contribution in [3.8, 4) is 5.75 Å². The fraction of sp³-hybridized carbons (Fsp3) is 0.111. The van der Waals surface area contributed by atoms with E-state index >= 15 is 0 Å². The van der Waals surface area contributed by atoms with E-state index in [0.29, 0.717) is 16.7 Å². The monoisotopic (exact) mass is 176 g/mol. The van der Waals surface area contributed by atoms with Crippen LogP contribution >= 0.6 is 0 Å². The van der Waals surface area contributed by atoms with Gasteiger partial charge < -0.3 is 10.1 Å². The Hall–Kier alpha value is -1.84. The number of nitrogens with zero attached hydrogens (tertiary/aromatic N) is 1. The number of benzene rings is 1. The van der Waals surface area contributed by atoms with E-state index in [4.69, 9.17) is 5.11 Å². The molecule has 0 aliphatic carbocycles. The number of phenolic OH excluding ortho intramolecular Hbond substituents is 1. The molecule has 0 aliphatic rings. The molecule has 0 radical (unpaired) electrons. The molecule has 2 N–H and O–H groups in total. The van der Waals surface area contributed by atoms with Gasteiger partial charge in [-0.3, -0.25) is 4.79 Å². The molecule has 0 atom stereocenters. The maximum atomic E-state index is 11.3. The van der Waals surface area contributed by atoms with Gasteiger partial charge in [0.05, 0.1) is 10.9 Å². The van der Waals surface area contributed by atoms with Crippen LogP contribution in [0.2, 0.25) is 0 Å². The summed E-state index contributed by atoms with van der Waals surface area (Å²) in [6.45, 7) is 1.72. The van der Waals surface area contributed by atoms with Gasteiger partial charge in [0.15, 0.2) is 0 Å². The van der Waals surface area contributed by atoms with Crippen LogP contribution in [0.3, 0.4) is 0 Å². The number of aromatic hydroxyl groups is 1. The number of H-pyrrole nitrogens is 1. The van der Waals surface area contributed by atoms with Gasteiger partial charge in [0.25, 0.3) is 5.56 Å². The average molecular weight is 176 g/mol. The molecule has 0 aliphatic heterocycles. The standard InChI is InChI=1S/C9H8N2O2/c1-5-10-8-3-2-6(12)4-7(8)9(13)11-5/h2-4,12H,1H3,(H,10,11,13). The first kappa shape index (κ1) is 7.79. The van der Waals surface area contributed by atoms with Gasteiger partial charge in [-0.05, 0) is 25.1 Å². The maximum absolute atomic E-state index is 11.3. The predicted octanol–water partition coefficient (Wildman–Crippen LogP) is 0.937. The van der Waals surface area contributed by atoms with Crippen LogP contribution in [0.25, 0.3) is 10.9 Å². The third kappa shape index (κ3) is 1.26. The van der Waals surface area contributed by atoms with Gasteiger partial charge in [-0.25, -0.2) is 4.98 Å². The lowest BCUT2D eigenvalue weighted by Crippen LogP contribution is -2.09. The van der Waals surface area contributed by atoms with Crippen molar-refractivity contribution in [2.75, 3.05) is 0 Å². The number of nitrogens with one attached hydrogen (secondary N) is 1. The van der Waals surface area contributed by atoms with Crippen molar-refractivity contribution in [2.45, 2.75) is 6.92 Å². The SMILES string of the molecule is Cc1nc2ccc(O)cc2c(=O)[nH]1. The van der Waals surface area contributed by atoms with Gasteiger partial charge in [0, 0.05) is 0 Å². The van der Waals surface area contributed by atoms with E-state index in [1.165, 1.54) is 12.1 Å². The molecular formula is C9H8N2O2. The van der Waals surface area contributed by atoms with Crippen molar-refractivity contribution < 1.29 is 5.11 Å². The number of aromatic amines is 1. The van der Waals surface area contributed by atoms with Crippen molar-refractivity contribution >= 4 is 10.9 Å². The molecule has 0 fully saturated rings. The highest BCUT2D eigenvalue weighted by Crippen LogP contribution is 2.14. The van der Waals surface area contributed by atoms with Gasteiger partial charge in [0.2, 0.25) is 0 Å². The van der Waals surface area contributed by atoms with Crippen LogP contribution in [0.4, 0.5) is 0 Å². The van der Waals surface area contributed by atoms with E-state index < -0.39 is 0 Å². The first-order valence-electron chi connectivity index (χ1n) is 3.86. The summed E-state index contributed by atoms with van der Waals surface area (Å²) in [5.41, 5.74) is 0.373. The van der Waals surface area contributed by atoms with Gasteiger partial charge in [0.1, 0.15) is 11.6 Å². The highest BCUT2D eigenvalue weighted by atomic mass is 16.3. The normalized spacial score (nSPS) is 10.5. The molecule has 2 rings (SSSR count). The molecule has 4 heteroatoms. The summed E-state index contributed by atoms with van der Waals surface area (Å²) in [6.07, 6.45) is 0. The molecule has 0 bridgehead atoms. The lowest BCUT2D eigenvalue weighted by molar-refractivity contribution is 0.476. The molecule has 0 saturated carbocycles. The average Bonchev–Trinajstić information content (AvgIpc) is 2.06. The Balaban J connectivity index is 2.95. The smallest absolute Gasteiger partial charge is 0.258 e. The number of aryl methyl sites for hydroxylation is 1. The Kier molecular flexibility index (Phi) is 1.55. The fourth-order valence-corrected chi connectivity index (χ4v) is 1.24. The second-order valence-corrected chi connectivity index (χ2v) is 2.85. The molecule has 1 aromatic heterocycles. The topological polar surface area (TPSA) is 66.0 Å². The van der Waals surface area contributed by atoms with Crippen molar-refractivity contribution in [3.05, 3.63) is 34.4 Å². The molecule has 1 heterocycles. The Bertz CT molecular complexity index is 516. The zero-order valence-corrected chi connectivity index (χ0v) is 7.03. The first-order chi connectivity index (χ1) is 6.16. The molecule has 0 amide bonds. The van der Waals surface area contributed by atoms with E-state index in [-0.39, 0.29) is 11.3 Å². The molecule has 0 unspecified atom stereocenters. The van der Waals surface area contributed by atoms with E-state index in [2.05, 4.69) is 9.97 Å². The molecule has 4 nitrogen and oxygen atoms in total. The Morgan fingerprint density at radius 2 is 2.23 bits per heavy atom. The van der Waals surface area contributed by atoms with E-state index in [1.807, 2.05) is 0 Å². The van der Waals surface area contributed by atoms with Gasteiger partial charge >= 0.3 is 0 Å². The third-order valence-corrected chi connectivity index (χ3v) is 1.81. The van der Waals surface area contributed by atoms with E-state index in [9.17, 15) is 4.79 Å². The lowest BCUT2D eigenvalue weighted by atomic mass is 10.2. The second-order valence-electron chi connectivity index (χ2n) is 2.85. The van der Waals surface area contributed by atoms with Crippen LogP contribution in [-0.2, 0) is 0 Å². The number of rotatable bonds is 0. The van der Waals surface area contributed by atoms with Crippen molar-refractivity contribution in [1.29, 1.82) is 0 Å². The van der Waals surface area contributed by atoms with Crippen molar-refractivity contribution in [1.82, 2.24) is 9.97 Å². The number of phenols is 1. The zero-order valence-electron chi connectivity index (χ0n) is 7.03. The summed E-state index contributed by atoms with van der Waals surface area (Å²) >= 11 is 0. The van der Waals surface area contributed by atoms with Crippen molar-refractivity contribution in [2.24, 2.45) is 0 Å². The molecule has 0 spiro atoms. The van der Waals surface area contributed by atoms with Crippen LogP contribution in [0.5, 0.6) is 5.75 Å². The highest BCUT2D eigenvalue weighted by molar-refractivity contribution is 5.78.